The van der Waals surface area contributed by atoms with Crippen LogP contribution in [0.1, 0.15) is 73.0 Å². The van der Waals surface area contributed by atoms with E-state index >= 15 is 0 Å². The summed E-state index contributed by atoms with van der Waals surface area (Å²) in [6, 6.07) is 12.8. The van der Waals surface area contributed by atoms with Gasteiger partial charge in [-0.2, -0.15) is 16.8 Å². The molecule has 6 aromatic rings. The Kier molecular flexibility index (Phi) is 14.2. The van der Waals surface area contributed by atoms with Crippen molar-refractivity contribution in [2.24, 2.45) is 0 Å². The van der Waals surface area contributed by atoms with Gasteiger partial charge in [-0.3, -0.25) is 9.11 Å². The maximum Gasteiger partial charge on any atom is 0.304 e. The van der Waals surface area contributed by atoms with Crippen LogP contribution >= 0.6 is 69.1 Å². The maximum absolute atomic E-state index is 12.1. The number of benzene rings is 2. The van der Waals surface area contributed by atoms with E-state index < -0.39 is 32.4 Å². The highest BCUT2D eigenvalue weighted by molar-refractivity contribution is 7.88. The number of hydrogen-bond donors (Lipinski definition) is 4. The van der Waals surface area contributed by atoms with Crippen LogP contribution in [0, 0.1) is 0 Å². The minimum atomic E-state index is -4.49. The minimum absolute atomic E-state index is 0.236. The number of rotatable bonds is 16. The van der Waals surface area contributed by atoms with Gasteiger partial charge in [0.1, 0.15) is 11.5 Å². The van der Waals surface area contributed by atoms with Gasteiger partial charge in [-0.1, -0.05) is 46.4 Å². The summed E-state index contributed by atoms with van der Waals surface area (Å²) in [6.45, 7) is 2.04. The van der Waals surface area contributed by atoms with E-state index in [4.69, 9.17) is 55.9 Å². The largest absolute Gasteiger partial charge is 0.492 e. The summed E-state index contributed by atoms with van der Waals surface area (Å²) in [4.78, 5) is 3.22. The Morgan fingerprint density at radius 1 is 0.656 bits per heavy atom. The van der Waals surface area contributed by atoms with Gasteiger partial charge >= 0.3 is 20.2 Å². The Hall–Kier alpha value is -3.14. The van der Waals surface area contributed by atoms with Crippen LogP contribution in [0.5, 0.6) is 11.5 Å². The summed E-state index contributed by atoms with van der Waals surface area (Å²) in [5.74, 6) is 0.637. The van der Waals surface area contributed by atoms with Crippen LogP contribution in [-0.4, -0.2) is 83.5 Å². The molecule has 21 heteroatoms. The van der Waals surface area contributed by atoms with Crippen LogP contribution in [0.25, 0.3) is 32.5 Å². The molecule has 8 rings (SSSR count). The molecular weight excluding hydrogens is 989 g/mol. The summed E-state index contributed by atoms with van der Waals surface area (Å²) in [6.07, 6.45) is 6.92. The molecule has 0 saturated carbocycles. The maximum atomic E-state index is 12.1. The normalized spacial score (nSPS) is 14.8. The second kappa shape index (κ2) is 19.2. The zero-order valence-corrected chi connectivity index (χ0v) is 40.4. The molecule has 4 N–H and O–H groups in total. The Bertz CT molecular complexity index is 2750. The van der Waals surface area contributed by atoms with E-state index in [1.807, 2.05) is 28.6 Å². The third-order valence-electron chi connectivity index (χ3n) is 11.4. The van der Waals surface area contributed by atoms with Crippen LogP contribution in [0.15, 0.2) is 69.3 Å². The predicted octanol–water partition coefficient (Wildman–Crippen LogP) is 10.7. The molecule has 2 unspecified atom stereocenters. The first kappa shape index (κ1) is 47.4. The molecule has 342 valence electrons. The van der Waals surface area contributed by atoms with Crippen molar-refractivity contribution in [3.63, 3.8) is 0 Å². The average Bonchev–Trinajstić information content (AvgIpc) is 3.98. The van der Waals surface area contributed by atoms with E-state index in [0.29, 0.717) is 101 Å². The fourth-order valence-electron chi connectivity index (χ4n) is 8.35. The number of nitrogens with zero attached hydrogens (tertiary/aromatic N) is 3. The molecule has 0 bridgehead atoms. The second-order valence-corrected chi connectivity index (χ2v) is 22.8. The number of thiophene rings is 2. The van der Waals surface area contributed by atoms with Crippen LogP contribution in [0.3, 0.4) is 0 Å². The quantitative estimate of drug-likeness (QED) is 0.0535. The summed E-state index contributed by atoms with van der Waals surface area (Å²) < 4.78 is 83.1. The number of hydrogen-bond acceptors (Lipinski definition) is 11. The van der Waals surface area contributed by atoms with Crippen molar-refractivity contribution in [1.29, 1.82) is 0 Å². The fraction of sp³-hybridized carbons (Fsp3) is 0.349. The summed E-state index contributed by atoms with van der Waals surface area (Å²) in [5.41, 5.74) is 5.41. The van der Waals surface area contributed by atoms with Gasteiger partial charge in [0, 0.05) is 58.5 Å². The van der Waals surface area contributed by atoms with Crippen molar-refractivity contribution in [3.8, 4) is 44.0 Å². The molecule has 4 aromatic heterocycles. The fourth-order valence-corrected chi connectivity index (χ4v) is 13.0. The topological polar surface area (TPSA) is 181 Å². The van der Waals surface area contributed by atoms with Crippen molar-refractivity contribution in [2.75, 3.05) is 33.4 Å². The smallest absolute Gasteiger partial charge is 0.304 e. The Morgan fingerprint density at radius 3 is 1.44 bits per heavy atom. The number of aliphatic hydroxyl groups excluding tert-OH is 2. The molecule has 0 aliphatic carbocycles. The average molecular weight is 1030 g/mol. The van der Waals surface area contributed by atoms with Gasteiger partial charge in [0.15, 0.2) is 8.42 Å². The van der Waals surface area contributed by atoms with Gasteiger partial charge in [0.2, 0.25) is 0 Å². The molecule has 64 heavy (non-hydrogen) atoms. The zero-order chi connectivity index (χ0) is 45.7. The highest BCUT2D eigenvalue weighted by Gasteiger charge is 2.33. The number of aliphatic hydroxyl groups is 2. The predicted molar refractivity (Wildman–Crippen MR) is 251 cm³/mol. The number of aromatic nitrogens is 2. The lowest BCUT2D eigenvalue weighted by Crippen LogP contribution is -2.21. The van der Waals surface area contributed by atoms with Crippen LogP contribution in [0.4, 0.5) is 0 Å². The summed E-state index contributed by atoms with van der Waals surface area (Å²) >= 11 is 27.5. The van der Waals surface area contributed by atoms with Gasteiger partial charge in [-0.05, 0) is 106 Å². The number of fused-ring (bicyclic) bond motifs is 6. The molecule has 0 spiro atoms. The van der Waals surface area contributed by atoms with E-state index in [9.17, 15) is 36.2 Å². The molecule has 2 aliphatic heterocycles. The molecule has 0 fully saturated rings. The highest BCUT2D eigenvalue weighted by Crippen LogP contribution is 2.49. The lowest BCUT2D eigenvalue weighted by atomic mass is 9.99. The zero-order valence-electron chi connectivity index (χ0n) is 34.1. The number of ether oxygens (including phenoxy) is 2. The third-order valence-corrected chi connectivity index (χ3v) is 17.3. The first-order valence-corrected chi connectivity index (χ1v) is 26.3. The van der Waals surface area contributed by atoms with Crippen molar-refractivity contribution < 1.29 is 45.6 Å². The standard InChI is InChI=1S/C43H43Cl4N3O10S4/c1-48(14-4-2-6-34(51)28-22-49(32-10-8-24(44)18-30(32)46)40-26(28)12-16-59-36-20-38(61-42(36)40)63(53,54)55)15-5-3-7-35(52)29-23-50(33-11-9-25(45)19-31(33)47)41-27(29)13-17-60-37-21-39(62-43(37)41)64(56,57)58/h8-11,18-23,34-35,51-52H,2-7,12-17H2,1H3,(H,53,54,55)(H,56,57,58). The molecule has 0 saturated heterocycles. The Labute approximate surface area is 398 Å². The molecule has 6 heterocycles. The monoisotopic (exact) mass is 1030 g/mol. The van der Waals surface area contributed by atoms with Gasteiger partial charge in [0.05, 0.1) is 68.0 Å². The van der Waals surface area contributed by atoms with Crippen LogP contribution in [-0.2, 0) is 33.1 Å². The first-order valence-electron chi connectivity index (χ1n) is 20.3. The van der Waals surface area contributed by atoms with Crippen LogP contribution < -0.4 is 9.47 Å². The lowest BCUT2D eigenvalue weighted by molar-refractivity contribution is 0.158. The minimum Gasteiger partial charge on any atom is -0.492 e. The van der Waals surface area contributed by atoms with Gasteiger partial charge in [-0.15, -0.1) is 22.7 Å². The molecule has 0 amide bonds. The highest BCUT2D eigenvalue weighted by atomic mass is 35.5. The van der Waals surface area contributed by atoms with Crippen molar-refractivity contribution >= 4 is 89.3 Å². The van der Waals surface area contributed by atoms with Gasteiger partial charge in [0.25, 0.3) is 0 Å². The Morgan fingerprint density at radius 2 is 1.06 bits per heavy atom. The van der Waals surface area contributed by atoms with E-state index in [0.717, 1.165) is 72.6 Å². The molecule has 2 aliphatic rings. The Balaban J connectivity index is 0.905. The third kappa shape index (κ3) is 9.93. The molecule has 13 nitrogen and oxygen atoms in total. The van der Waals surface area contributed by atoms with E-state index in [1.54, 1.807) is 36.4 Å². The molecule has 0 radical (unpaired) electrons. The summed E-state index contributed by atoms with van der Waals surface area (Å²) in [7, 11) is -6.95. The van der Waals surface area contributed by atoms with E-state index in [2.05, 4.69) is 4.90 Å². The van der Waals surface area contributed by atoms with E-state index in [1.165, 1.54) is 12.1 Å². The first-order chi connectivity index (χ1) is 30.4. The van der Waals surface area contributed by atoms with Gasteiger partial charge < -0.3 is 33.7 Å². The number of halogens is 4. The molecular formula is C43H43Cl4N3O10S4. The number of unbranched alkanes of at least 4 members (excludes halogenated alkanes) is 2. The van der Waals surface area contributed by atoms with E-state index in [-0.39, 0.29) is 21.6 Å². The molecule has 2 atom stereocenters. The van der Waals surface area contributed by atoms with Crippen molar-refractivity contribution in [2.45, 2.75) is 72.0 Å². The summed E-state index contributed by atoms with van der Waals surface area (Å²) in [5, 5.41) is 24.9. The van der Waals surface area contributed by atoms with Crippen molar-refractivity contribution in [3.05, 3.63) is 103 Å². The lowest BCUT2D eigenvalue weighted by Gasteiger charge is -2.18. The SMILES string of the molecule is CN(CCCCC(O)c1cn(-c2ccc(Cl)cc2Cl)c2c1CCOc1cc(S(=O)(=O)O)sc1-2)CCCCC(O)c1cn(-c2ccc(Cl)cc2Cl)c2c1CCOc1cc(S(=O)(=O)O)sc1-2. The van der Waals surface area contributed by atoms with Crippen LogP contribution in [0.2, 0.25) is 20.1 Å². The second-order valence-electron chi connectivity index (χ2n) is 15.7. The van der Waals surface area contributed by atoms with Crippen molar-refractivity contribution in [1.82, 2.24) is 14.0 Å². The molecule has 2 aromatic carbocycles. The van der Waals surface area contributed by atoms with Gasteiger partial charge in [-0.25, -0.2) is 0 Å².